The van der Waals surface area contributed by atoms with Gasteiger partial charge in [-0.25, -0.2) is 0 Å². The molecule has 0 atom stereocenters. The molecule has 0 aliphatic carbocycles. The van der Waals surface area contributed by atoms with Gasteiger partial charge in [-0.2, -0.15) is 4.68 Å². The van der Waals surface area contributed by atoms with Crippen LogP contribution in [0, 0.1) is 0 Å². The van der Waals surface area contributed by atoms with E-state index in [1.807, 2.05) is 36.4 Å². The van der Waals surface area contributed by atoms with E-state index in [1.54, 1.807) is 18.2 Å². The lowest BCUT2D eigenvalue weighted by atomic mass is 10.2. The number of hydrogen-bond acceptors (Lipinski definition) is 6. The quantitative estimate of drug-likeness (QED) is 0.559. The summed E-state index contributed by atoms with van der Waals surface area (Å²) in [5, 5.41) is 20.7. The van der Waals surface area contributed by atoms with Gasteiger partial charge in [0.05, 0.1) is 5.39 Å². The maximum Gasteiger partial charge on any atom is 0.279 e. The van der Waals surface area contributed by atoms with Crippen molar-refractivity contribution in [3.63, 3.8) is 0 Å². The van der Waals surface area contributed by atoms with Crippen LogP contribution < -0.4 is 5.56 Å². The molecule has 0 aliphatic heterocycles. The number of rotatable bonds is 3. The van der Waals surface area contributed by atoms with Crippen molar-refractivity contribution in [2.24, 2.45) is 0 Å². The molecule has 0 unspecified atom stereocenters. The normalized spacial score (nSPS) is 11.0. The summed E-state index contributed by atoms with van der Waals surface area (Å²) in [4.78, 5) is 13.7. The monoisotopic (exact) mass is 305 g/mol. The van der Waals surface area contributed by atoms with Gasteiger partial charge < -0.3 is 0 Å². The van der Waals surface area contributed by atoms with Gasteiger partial charge in [-0.1, -0.05) is 47.7 Å². The van der Waals surface area contributed by atoms with Gasteiger partial charge in [0.15, 0.2) is 6.67 Å². The topological polar surface area (TPSA) is 91.4 Å². The van der Waals surface area contributed by atoms with Crippen molar-refractivity contribution in [3.8, 4) is 11.4 Å². The lowest BCUT2D eigenvalue weighted by Gasteiger charge is -2.02. The molecule has 2 heterocycles. The average molecular weight is 305 g/mol. The maximum absolute atomic E-state index is 12.4. The number of tetrazole rings is 1. The minimum Gasteiger partial charge on any atom is -0.267 e. The second-order valence-electron chi connectivity index (χ2n) is 4.90. The second-order valence-corrected chi connectivity index (χ2v) is 4.90. The lowest BCUT2D eigenvalue weighted by Crippen LogP contribution is -2.28. The lowest BCUT2D eigenvalue weighted by molar-refractivity contribution is 0.418. The Balaban J connectivity index is 1.68. The Kier molecular flexibility index (Phi) is 3.12. The molecular formula is C15H11N7O. The molecule has 0 N–H and O–H groups in total. The molecule has 0 saturated heterocycles. The van der Waals surface area contributed by atoms with E-state index < -0.39 is 0 Å². The predicted octanol–water partition coefficient (Wildman–Crippen LogP) is 0.951. The van der Waals surface area contributed by atoms with Crippen LogP contribution in [0.15, 0.2) is 59.4 Å². The van der Waals surface area contributed by atoms with Gasteiger partial charge in [0.1, 0.15) is 5.52 Å². The molecule has 0 amide bonds. The van der Waals surface area contributed by atoms with Gasteiger partial charge in [-0.3, -0.25) is 4.79 Å². The van der Waals surface area contributed by atoms with E-state index in [2.05, 4.69) is 25.7 Å². The average Bonchev–Trinajstić information content (AvgIpc) is 3.07. The maximum atomic E-state index is 12.4. The number of benzene rings is 2. The Bertz CT molecular complexity index is 1020. The van der Waals surface area contributed by atoms with E-state index in [4.69, 9.17) is 0 Å². The Morgan fingerprint density at radius 2 is 1.65 bits per heavy atom. The van der Waals surface area contributed by atoms with E-state index in [0.717, 1.165) is 5.56 Å². The molecule has 8 heteroatoms. The molecule has 0 bridgehead atoms. The summed E-state index contributed by atoms with van der Waals surface area (Å²) < 4.78 is 1.21. The van der Waals surface area contributed by atoms with Gasteiger partial charge in [0.25, 0.3) is 5.56 Å². The smallest absolute Gasteiger partial charge is 0.267 e. The number of aromatic nitrogens is 7. The van der Waals surface area contributed by atoms with Crippen LogP contribution in [-0.4, -0.2) is 35.2 Å². The third kappa shape index (κ3) is 2.46. The molecular weight excluding hydrogens is 294 g/mol. The first-order valence-electron chi connectivity index (χ1n) is 6.97. The first-order valence-corrected chi connectivity index (χ1v) is 6.97. The molecule has 0 spiro atoms. The highest BCUT2D eigenvalue weighted by Gasteiger charge is 2.09. The molecule has 112 valence electrons. The van der Waals surface area contributed by atoms with Gasteiger partial charge in [-0.15, -0.1) is 20.1 Å². The van der Waals surface area contributed by atoms with Gasteiger partial charge in [-0.05, 0) is 17.3 Å². The zero-order valence-electron chi connectivity index (χ0n) is 11.9. The summed E-state index contributed by atoms with van der Waals surface area (Å²) in [7, 11) is 0. The summed E-state index contributed by atoms with van der Waals surface area (Å²) in [5.41, 5.74) is 1.18. The van der Waals surface area contributed by atoms with Crippen molar-refractivity contribution in [1.82, 2.24) is 35.2 Å². The zero-order chi connectivity index (χ0) is 15.6. The molecule has 4 rings (SSSR count). The SMILES string of the molecule is O=c1c2ccccc2nnn1Cn1nnc(-c2ccccc2)n1. The highest BCUT2D eigenvalue weighted by atomic mass is 16.1. The van der Waals surface area contributed by atoms with Crippen LogP contribution in [0.3, 0.4) is 0 Å². The van der Waals surface area contributed by atoms with Crippen molar-refractivity contribution in [2.45, 2.75) is 6.67 Å². The highest BCUT2D eigenvalue weighted by Crippen LogP contribution is 2.11. The van der Waals surface area contributed by atoms with E-state index >= 15 is 0 Å². The summed E-state index contributed by atoms with van der Waals surface area (Å²) in [6.45, 7) is 0.0521. The van der Waals surface area contributed by atoms with Crippen LogP contribution in [0.2, 0.25) is 0 Å². The molecule has 2 aromatic carbocycles. The van der Waals surface area contributed by atoms with Crippen LogP contribution in [0.4, 0.5) is 0 Å². The van der Waals surface area contributed by atoms with E-state index in [9.17, 15) is 4.79 Å². The van der Waals surface area contributed by atoms with Gasteiger partial charge in [0.2, 0.25) is 5.82 Å². The van der Waals surface area contributed by atoms with Crippen LogP contribution >= 0.6 is 0 Å². The third-order valence-electron chi connectivity index (χ3n) is 3.37. The van der Waals surface area contributed by atoms with E-state index in [-0.39, 0.29) is 12.2 Å². The van der Waals surface area contributed by atoms with Crippen LogP contribution in [0.25, 0.3) is 22.3 Å². The Hall–Kier alpha value is -3.42. The molecule has 0 saturated carbocycles. The number of hydrogen-bond donors (Lipinski definition) is 0. The molecule has 0 aliphatic rings. The molecule has 4 aromatic rings. The predicted molar refractivity (Wildman–Crippen MR) is 82.4 cm³/mol. The first-order chi connectivity index (χ1) is 11.3. The molecule has 23 heavy (non-hydrogen) atoms. The number of fused-ring (bicyclic) bond motifs is 1. The van der Waals surface area contributed by atoms with Crippen LogP contribution in [0.5, 0.6) is 0 Å². The fraction of sp³-hybridized carbons (Fsp3) is 0.0667. The molecule has 0 fully saturated rings. The van der Waals surface area contributed by atoms with Crippen LogP contribution in [0.1, 0.15) is 0 Å². The van der Waals surface area contributed by atoms with E-state index in [1.165, 1.54) is 9.48 Å². The Morgan fingerprint density at radius 3 is 2.52 bits per heavy atom. The largest absolute Gasteiger partial charge is 0.279 e. The van der Waals surface area contributed by atoms with Crippen molar-refractivity contribution in [1.29, 1.82) is 0 Å². The fourth-order valence-corrected chi connectivity index (χ4v) is 2.24. The Labute approximate surface area is 130 Å². The number of nitrogens with zero attached hydrogens (tertiary/aromatic N) is 7. The standard InChI is InChI=1S/C15H11N7O/c23-15-12-8-4-5-9-13(12)16-19-21(15)10-22-18-14(17-20-22)11-6-2-1-3-7-11/h1-9H,10H2. The van der Waals surface area contributed by atoms with Crippen molar-refractivity contribution < 1.29 is 0 Å². The fourth-order valence-electron chi connectivity index (χ4n) is 2.24. The summed E-state index contributed by atoms with van der Waals surface area (Å²) in [5.74, 6) is 0.493. The van der Waals surface area contributed by atoms with Crippen molar-refractivity contribution in [3.05, 3.63) is 65.0 Å². The molecule has 2 aromatic heterocycles. The van der Waals surface area contributed by atoms with Crippen LogP contribution in [-0.2, 0) is 6.67 Å². The van der Waals surface area contributed by atoms with E-state index in [0.29, 0.717) is 16.7 Å². The molecule has 8 nitrogen and oxygen atoms in total. The highest BCUT2D eigenvalue weighted by molar-refractivity contribution is 5.76. The third-order valence-corrected chi connectivity index (χ3v) is 3.37. The zero-order valence-corrected chi connectivity index (χ0v) is 11.9. The van der Waals surface area contributed by atoms with Gasteiger partial charge in [0, 0.05) is 5.56 Å². The summed E-state index contributed by atoms with van der Waals surface area (Å²) >= 11 is 0. The summed E-state index contributed by atoms with van der Waals surface area (Å²) in [6.07, 6.45) is 0. The minimum atomic E-state index is -0.242. The van der Waals surface area contributed by atoms with Crippen molar-refractivity contribution in [2.75, 3.05) is 0 Å². The minimum absolute atomic E-state index is 0.0521. The molecule has 0 radical (unpaired) electrons. The summed E-state index contributed by atoms with van der Waals surface area (Å²) in [6, 6.07) is 16.6. The van der Waals surface area contributed by atoms with Crippen molar-refractivity contribution >= 4 is 10.9 Å². The second kappa shape index (κ2) is 5.41. The first kappa shape index (κ1) is 13.3. The van der Waals surface area contributed by atoms with Gasteiger partial charge >= 0.3 is 0 Å². The Morgan fingerprint density at radius 1 is 0.870 bits per heavy atom.